The monoisotopic (exact) mass is 428 g/mol. The number of halogens is 1. The first-order valence-corrected chi connectivity index (χ1v) is 11.2. The Labute approximate surface area is 183 Å². The smallest absolute Gasteiger partial charge is 0.407 e. The highest BCUT2D eigenvalue weighted by atomic mass is 35.5. The summed E-state index contributed by atoms with van der Waals surface area (Å²) in [5.41, 5.74) is 2.05. The molecule has 1 N–H and O–H groups in total. The van der Waals surface area contributed by atoms with Gasteiger partial charge in [-0.3, -0.25) is 0 Å². The second kappa shape index (κ2) is 10.2. The summed E-state index contributed by atoms with van der Waals surface area (Å²) in [6.45, 7) is 3.22. The van der Waals surface area contributed by atoms with Crippen LogP contribution >= 0.6 is 11.6 Å². The van der Waals surface area contributed by atoms with Crippen molar-refractivity contribution in [1.29, 1.82) is 0 Å². The molecule has 1 aliphatic carbocycles. The van der Waals surface area contributed by atoms with Crippen molar-refractivity contribution in [3.05, 3.63) is 64.7 Å². The van der Waals surface area contributed by atoms with E-state index in [1.807, 2.05) is 48.5 Å². The number of rotatable bonds is 9. The van der Waals surface area contributed by atoms with Crippen LogP contribution in [-0.2, 0) is 17.8 Å². The fraction of sp³-hybridized carbons (Fsp3) is 0.458. The summed E-state index contributed by atoms with van der Waals surface area (Å²) < 4.78 is 11.3. The zero-order chi connectivity index (χ0) is 20.8. The van der Waals surface area contributed by atoms with Crippen LogP contribution in [0, 0.1) is 0 Å². The van der Waals surface area contributed by atoms with Crippen molar-refractivity contribution in [2.24, 2.45) is 0 Å². The molecule has 1 saturated heterocycles. The number of nitrogens with one attached hydrogen (secondary N) is 1. The Hall–Kier alpha value is -2.24. The summed E-state index contributed by atoms with van der Waals surface area (Å²) in [7, 11) is 0. The van der Waals surface area contributed by atoms with Crippen molar-refractivity contribution < 1.29 is 14.3 Å². The molecule has 2 fully saturated rings. The van der Waals surface area contributed by atoms with Gasteiger partial charge in [-0.2, -0.15) is 0 Å². The SMILES string of the molecule is O=C(N[C@@H](Cc1ccc(OC2CC2)c(Cl)c1)CN1CCCC1)OCc1ccccc1. The van der Waals surface area contributed by atoms with E-state index in [0.717, 1.165) is 49.4 Å². The number of likely N-dealkylation sites (tertiary alicyclic amines) is 1. The number of hydrogen-bond acceptors (Lipinski definition) is 4. The van der Waals surface area contributed by atoms with Crippen LogP contribution in [0.1, 0.15) is 36.8 Å². The van der Waals surface area contributed by atoms with Crippen LogP contribution in [0.4, 0.5) is 4.79 Å². The number of alkyl carbamates (subject to hydrolysis) is 1. The summed E-state index contributed by atoms with van der Waals surface area (Å²) in [4.78, 5) is 14.8. The number of carbonyl (C=O) groups excluding carboxylic acids is 1. The lowest BCUT2D eigenvalue weighted by Crippen LogP contribution is -2.44. The van der Waals surface area contributed by atoms with E-state index in [4.69, 9.17) is 21.1 Å². The van der Waals surface area contributed by atoms with Gasteiger partial charge in [0, 0.05) is 12.6 Å². The largest absolute Gasteiger partial charge is 0.489 e. The molecule has 1 amide bonds. The van der Waals surface area contributed by atoms with Gasteiger partial charge >= 0.3 is 6.09 Å². The summed E-state index contributed by atoms with van der Waals surface area (Å²) in [5.74, 6) is 0.745. The summed E-state index contributed by atoms with van der Waals surface area (Å²) in [5, 5.41) is 3.69. The molecule has 0 radical (unpaired) electrons. The van der Waals surface area contributed by atoms with Crippen LogP contribution in [0.3, 0.4) is 0 Å². The molecule has 0 unspecified atom stereocenters. The molecule has 0 spiro atoms. The van der Waals surface area contributed by atoms with Gasteiger partial charge in [0.25, 0.3) is 0 Å². The lowest BCUT2D eigenvalue weighted by atomic mass is 10.1. The number of hydrogen-bond donors (Lipinski definition) is 1. The minimum atomic E-state index is -0.386. The quantitative estimate of drug-likeness (QED) is 0.622. The first-order chi connectivity index (χ1) is 14.7. The highest BCUT2D eigenvalue weighted by Gasteiger charge is 2.25. The van der Waals surface area contributed by atoms with E-state index >= 15 is 0 Å². The number of carbonyl (C=O) groups is 1. The van der Waals surface area contributed by atoms with Crippen molar-refractivity contribution in [3.63, 3.8) is 0 Å². The van der Waals surface area contributed by atoms with Crippen molar-refractivity contribution >= 4 is 17.7 Å². The molecule has 2 aromatic rings. The van der Waals surface area contributed by atoms with E-state index in [1.165, 1.54) is 12.8 Å². The zero-order valence-electron chi connectivity index (χ0n) is 17.2. The minimum Gasteiger partial charge on any atom is -0.489 e. The van der Waals surface area contributed by atoms with E-state index in [2.05, 4.69) is 10.2 Å². The molecule has 1 atom stereocenters. The average Bonchev–Trinajstić information content (AvgIpc) is 3.42. The van der Waals surface area contributed by atoms with Crippen molar-refractivity contribution in [3.8, 4) is 5.75 Å². The van der Waals surface area contributed by atoms with Crippen LogP contribution in [-0.4, -0.2) is 42.8 Å². The van der Waals surface area contributed by atoms with E-state index in [1.54, 1.807) is 0 Å². The first-order valence-electron chi connectivity index (χ1n) is 10.8. The molecule has 0 bridgehead atoms. The molecule has 6 heteroatoms. The van der Waals surface area contributed by atoms with E-state index < -0.39 is 0 Å². The molecule has 30 heavy (non-hydrogen) atoms. The lowest BCUT2D eigenvalue weighted by Gasteiger charge is -2.24. The fourth-order valence-corrected chi connectivity index (χ4v) is 4.03. The number of nitrogens with zero attached hydrogens (tertiary/aromatic N) is 1. The second-order valence-corrected chi connectivity index (χ2v) is 8.60. The standard InChI is InChI=1S/C24H29ClN2O3/c25-22-15-19(8-11-23(22)30-21-9-10-21)14-20(16-27-12-4-5-13-27)26-24(28)29-17-18-6-2-1-3-7-18/h1-3,6-8,11,15,20-21H,4-5,9-10,12-14,16-17H2,(H,26,28)/t20-/m0/s1. The maximum absolute atomic E-state index is 12.4. The van der Waals surface area contributed by atoms with Crippen LogP contribution in [0.5, 0.6) is 5.75 Å². The molecule has 1 heterocycles. The molecule has 2 aliphatic rings. The highest BCUT2D eigenvalue weighted by Crippen LogP contribution is 2.32. The topological polar surface area (TPSA) is 50.8 Å². The Balaban J connectivity index is 1.36. The molecule has 0 aromatic heterocycles. The van der Waals surface area contributed by atoms with Gasteiger partial charge in [0.2, 0.25) is 0 Å². The van der Waals surface area contributed by atoms with Gasteiger partial charge in [-0.15, -0.1) is 0 Å². The summed E-state index contributed by atoms with van der Waals surface area (Å²) in [6, 6.07) is 15.6. The van der Waals surface area contributed by atoms with Gasteiger partial charge < -0.3 is 19.7 Å². The lowest BCUT2D eigenvalue weighted by molar-refractivity contribution is 0.132. The van der Waals surface area contributed by atoms with Crippen LogP contribution in [0.25, 0.3) is 0 Å². The summed E-state index contributed by atoms with van der Waals surface area (Å²) >= 11 is 6.43. The third-order valence-electron chi connectivity index (χ3n) is 5.51. The van der Waals surface area contributed by atoms with Crippen molar-refractivity contribution in [1.82, 2.24) is 10.2 Å². The van der Waals surface area contributed by atoms with Gasteiger partial charge in [-0.05, 0) is 68.5 Å². The Bertz CT molecular complexity index is 836. The molecule has 5 nitrogen and oxygen atoms in total. The van der Waals surface area contributed by atoms with Crippen molar-refractivity contribution in [2.75, 3.05) is 19.6 Å². The molecule has 2 aromatic carbocycles. The Kier molecular flexibility index (Phi) is 7.13. The van der Waals surface area contributed by atoms with Gasteiger partial charge in [0.15, 0.2) is 0 Å². The molecule has 1 saturated carbocycles. The Morgan fingerprint density at radius 3 is 2.57 bits per heavy atom. The predicted molar refractivity (Wildman–Crippen MR) is 118 cm³/mol. The van der Waals surface area contributed by atoms with E-state index in [9.17, 15) is 4.79 Å². The number of benzene rings is 2. The number of ether oxygens (including phenoxy) is 2. The Morgan fingerprint density at radius 1 is 1.10 bits per heavy atom. The molecular weight excluding hydrogens is 400 g/mol. The maximum atomic E-state index is 12.4. The fourth-order valence-electron chi connectivity index (χ4n) is 3.79. The molecule has 4 rings (SSSR count). The molecule has 1 aliphatic heterocycles. The van der Waals surface area contributed by atoms with Crippen LogP contribution in [0.15, 0.2) is 48.5 Å². The van der Waals surface area contributed by atoms with Gasteiger partial charge in [-0.1, -0.05) is 48.0 Å². The normalized spacial score (nSPS) is 17.5. The third-order valence-corrected chi connectivity index (χ3v) is 5.80. The van der Waals surface area contributed by atoms with Gasteiger partial charge in [0.05, 0.1) is 11.1 Å². The van der Waals surface area contributed by atoms with Gasteiger partial charge in [0.1, 0.15) is 12.4 Å². The maximum Gasteiger partial charge on any atom is 0.407 e. The zero-order valence-corrected chi connectivity index (χ0v) is 17.9. The average molecular weight is 429 g/mol. The third kappa shape index (κ3) is 6.38. The van der Waals surface area contributed by atoms with Gasteiger partial charge in [-0.25, -0.2) is 4.79 Å². The predicted octanol–water partition coefficient (Wildman–Crippen LogP) is 4.81. The number of amides is 1. The molecular formula is C24H29ClN2O3. The van der Waals surface area contributed by atoms with Crippen LogP contribution in [0.2, 0.25) is 5.02 Å². The first kappa shape index (κ1) is 21.0. The van der Waals surface area contributed by atoms with E-state index in [0.29, 0.717) is 17.5 Å². The minimum absolute atomic E-state index is 0.0439. The highest BCUT2D eigenvalue weighted by molar-refractivity contribution is 6.32. The molecule has 160 valence electrons. The van der Waals surface area contributed by atoms with E-state index in [-0.39, 0.29) is 18.7 Å². The van der Waals surface area contributed by atoms with Crippen LogP contribution < -0.4 is 10.1 Å². The van der Waals surface area contributed by atoms with Crippen molar-refractivity contribution in [2.45, 2.75) is 50.9 Å². The second-order valence-electron chi connectivity index (χ2n) is 8.20. The Morgan fingerprint density at radius 2 is 1.87 bits per heavy atom. The summed E-state index contributed by atoms with van der Waals surface area (Å²) in [6.07, 6.45) is 5.25.